The highest BCUT2D eigenvalue weighted by Crippen LogP contribution is 2.32. The first-order valence-electron chi connectivity index (χ1n) is 9.01. The summed E-state index contributed by atoms with van der Waals surface area (Å²) in [5.74, 6) is -3.76. The molecule has 1 aliphatic heterocycles. The highest BCUT2D eigenvalue weighted by Gasteiger charge is 2.50. The monoisotopic (exact) mass is 400 g/mol. The molecule has 148 valence electrons. The summed E-state index contributed by atoms with van der Waals surface area (Å²) in [6.07, 6.45) is 6.17. The van der Waals surface area contributed by atoms with Crippen molar-refractivity contribution >= 4 is 21.8 Å². The number of benzene rings is 1. The van der Waals surface area contributed by atoms with E-state index in [0.29, 0.717) is 18.4 Å². The Morgan fingerprint density at radius 2 is 1.56 bits per heavy atom. The molecule has 1 heterocycles. The predicted octanol–water partition coefficient (Wildman–Crippen LogP) is 3.22. The molecule has 0 atom stereocenters. The highest BCUT2D eigenvalue weighted by molar-refractivity contribution is 7.91. The SMILES string of the molecule is O=C1NC2(CCCCCCC2)C(=O)N1Cc1ccc(S(=O)(=O)C(F)F)cc1. The summed E-state index contributed by atoms with van der Waals surface area (Å²) >= 11 is 0. The zero-order chi connectivity index (χ0) is 19.7. The van der Waals surface area contributed by atoms with Gasteiger partial charge in [0.25, 0.3) is 5.91 Å². The van der Waals surface area contributed by atoms with Crippen molar-refractivity contribution in [2.24, 2.45) is 0 Å². The number of amides is 3. The molecule has 1 N–H and O–H groups in total. The third-order valence-corrected chi connectivity index (χ3v) is 6.68. The molecule has 0 unspecified atom stereocenters. The van der Waals surface area contributed by atoms with Crippen LogP contribution in [0.25, 0.3) is 0 Å². The highest BCUT2D eigenvalue weighted by atomic mass is 32.2. The van der Waals surface area contributed by atoms with E-state index in [1.54, 1.807) is 0 Å². The van der Waals surface area contributed by atoms with Crippen LogP contribution in [-0.2, 0) is 21.2 Å². The molecule has 1 aromatic carbocycles. The average Bonchev–Trinajstić information content (AvgIpc) is 2.84. The van der Waals surface area contributed by atoms with Crippen LogP contribution in [0.2, 0.25) is 0 Å². The maximum Gasteiger partial charge on any atom is 0.341 e. The Kier molecular flexibility index (Phi) is 5.50. The summed E-state index contributed by atoms with van der Waals surface area (Å²) in [6.45, 7) is -0.0264. The first kappa shape index (κ1) is 19.7. The normalized spacial score (nSPS) is 20.6. The summed E-state index contributed by atoms with van der Waals surface area (Å²) in [5.41, 5.74) is -0.356. The molecular formula is C18H22F2N2O4S. The number of halogens is 2. The molecule has 3 rings (SSSR count). The minimum Gasteiger partial charge on any atom is -0.323 e. The molecule has 1 aliphatic carbocycles. The van der Waals surface area contributed by atoms with E-state index in [1.807, 2.05) is 0 Å². The lowest BCUT2D eigenvalue weighted by atomic mass is 9.84. The third-order valence-electron chi connectivity index (χ3n) is 5.28. The van der Waals surface area contributed by atoms with Gasteiger partial charge in [-0.25, -0.2) is 13.2 Å². The van der Waals surface area contributed by atoms with Crippen LogP contribution in [-0.4, -0.2) is 36.6 Å². The van der Waals surface area contributed by atoms with Crippen molar-refractivity contribution in [1.82, 2.24) is 10.2 Å². The molecular weight excluding hydrogens is 378 g/mol. The molecule has 1 saturated carbocycles. The number of hydrogen-bond donors (Lipinski definition) is 1. The maximum atomic E-state index is 12.9. The van der Waals surface area contributed by atoms with Crippen molar-refractivity contribution in [1.29, 1.82) is 0 Å². The van der Waals surface area contributed by atoms with E-state index in [0.717, 1.165) is 49.1 Å². The van der Waals surface area contributed by atoms with Crippen LogP contribution in [0.3, 0.4) is 0 Å². The van der Waals surface area contributed by atoms with Crippen molar-refractivity contribution in [3.8, 4) is 0 Å². The van der Waals surface area contributed by atoms with E-state index >= 15 is 0 Å². The Morgan fingerprint density at radius 3 is 2.11 bits per heavy atom. The third kappa shape index (κ3) is 3.83. The van der Waals surface area contributed by atoms with Crippen molar-refractivity contribution in [2.75, 3.05) is 0 Å². The van der Waals surface area contributed by atoms with Crippen LogP contribution in [0.1, 0.15) is 50.5 Å². The second kappa shape index (κ2) is 7.53. The standard InChI is InChI=1S/C18H22F2N2O4S/c19-16(20)27(25,26)14-8-6-13(7-9-14)12-22-15(23)18(21-17(22)24)10-4-2-1-3-5-11-18/h6-9,16H,1-5,10-12H2,(H,21,24). The predicted molar refractivity (Wildman–Crippen MR) is 93.8 cm³/mol. The smallest absolute Gasteiger partial charge is 0.323 e. The lowest BCUT2D eigenvalue weighted by Crippen LogP contribution is -2.47. The van der Waals surface area contributed by atoms with Crippen LogP contribution >= 0.6 is 0 Å². The number of carbonyl (C=O) groups excluding carboxylic acids is 2. The van der Waals surface area contributed by atoms with Gasteiger partial charge in [-0.2, -0.15) is 8.78 Å². The van der Waals surface area contributed by atoms with E-state index in [9.17, 15) is 26.8 Å². The number of sulfone groups is 1. The molecule has 6 nitrogen and oxygen atoms in total. The first-order chi connectivity index (χ1) is 12.8. The van der Waals surface area contributed by atoms with Crippen LogP contribution in [0.4, 0.5) is 13.6 Å². The Balaban J connectivity index is 1.75. The molecule has 1 saturated heterocycles. The number of rotatable bonds is 4. The van der Waals surface area contributed by atoms with E-state index in [2.05, 4.69) is 5.32 Å². The summed E-state index contributed by atoms with van der Waals surface area (Å²) in [4.78, 5) is 25.9. The van der Waals surface area contributed by atoms with Gasteiger partial charge in [0, 0.05) is 0 Å². The van der Waals surface area contributed by atoms with Gasteiger partial charge in [-0.3, -0.25) is 9.69 Å². The van der Waals surface area contributed by atoms with Gasteiger partial charge in [-0.05, 0) is 30.5 Å². The molecule has 1 aromatic rings. The topological polar surface area (TPSA) is 83.6 Å². The molecule has 9 heteroatoms. The zero-order valence-corrected chi connectivity index (χ0v) is 15.6. The molecule has 0 bridgehead atoms. The van der Waals surface area contributed by atoms with Crippen LogP contribution in [0.5, 0.6) is 0 Å². The van der Waals surface area contributed by atoms with Crippen molar-refractivity contribution in [3.05, 3.63) is 29.8 Å². The quantitative estimate of drug-likeness (QED) is 0.787. The summed E-state index contributed by atoms with van der Waals surface area (Å²) in [5, 5.41) is 2.85. The number of alkyl halides is 2. The van der Waals surface area contributed by atoms with Gasteiger partial charge in [0.1, 0.15) is 5.54 Å². The maximum absolute atomic E-state index is 12.9. The summed E-state index contributed by atoms with van der Waals surface area (Å²) in [7, 11) is -4.67. The molecule has 3 amide bonds. The number of nitrogens with one attached hydrogen (secondary N) is 1. The van der Waals surface area contributed by atoms with Gasteiger partial charge in [-0.1, -0.05) is 44.2 Å². The van der Waals surface area contributed by atoms with Gasteiger partial charge in [0.2, 0.25) is 9.84 Å². The minimum atomic E-state index is -4.67. The molecule has 0 radical (unpaired) electrons. The second-order valence-electron chi connectivity index (χ2n) is 7.12. The molecule has 1 spiro atoms. The second-order valence-corrected chi connectivity index (χ2v) is 9.04. The van der Waals surface area contributed by atoms with Gasteiger partial charge in [-0.15, -0.1) is 0 Å². The van der Waals surface area contributed by atoms with Gasteiger partial charge >= 0.3 is 11.8 Å². The molecule has 0 aromatic heterocycles. The summed E-state index contributed by atoms with van der Waals surface area (Å²) < 4.78 is 48.2. The summed E-state index contributed by atoms with van der Waals surface area (Å²) in [6, 6.07) is 4.37. The Morgan fingerprint density at radius 1 is 1.00 bits per heavy atom. The van der Waals surface area contributed by atoms with E-state index in [-0.39, 0.29) is 12.5 Å². The lowest BCUT2D eigenvalue weighted by molar-refractivity contribution is -0.132. The van der Waals surface area contributed by atoms with E-state index < -0.39 is 32.1 Å². The first-order valence-corrected chi connectivity index (χ1v) is 10.6. The van der Waals surface area contributed by atoms with Gasteiger partial charge in [0.15, 0.2) is 0 Å². The fourth-order valence-corrected chi connectivity index (χ4v) is 4.46. The van der Waals surface area contributed by atoms with Crippen molar-refractivity contribution in [2.45, 2.75) is 67.7 Å². The Hall–Kier alpha value is -2.03. The number of nitrogens with zero attached hydrogens (tertiary/aromatic N) is 1. The Labute approximate surface area is 156 Å². The van der Waals surface area contributed by atoms with E-state index in [4.69, 9.17) is 0 Å². The number of urea groups is 1. The van der Waals surface area contributed by atoms with Crippen LogP contribution in [0, 0.1) is 0 Å². The number of carbonyl (C=O) groups is 2. The van der Waals surface area contributed by atoms with Gasteiger partial charge < -0.3 is 5.32 Å². The fraction of sp³-hybridized carbons (Fsp3) is 0.556. The molecule has 2 aliphatic rings. The average molecular weight is 400 g/mol. The minimum absolute atomic E-state index is 0.0264. The van der Waals surface area contributed by atoms with Crippen LogP contribution in [0.15, 0.2) is 29.2 Å². The van der Waals surface area contributed by atoms with Gasteiger partial charge in [0.05, 0.1) is 11.4 Å². The number of imide groups is 1. The van der Waals surface area contributed by atoms with E-state index in [1.165, 1.54) is 12.1 Å². The van der Waals surface area contributed by atoms with Crippen LogP contribution < -0.4 is 5.32 Å². The zero-order valence-electron chi connectivity index (χ0n) is 14.8. The van der Waals surface area contributed by atoms with Crippen molar-refractivity contribution < 1.29 is 26.8 Å². The largest absolute Gasteiger partial charge is 0.341 e. The fourth-order valence-electron chi connectivity index (χ4n) is 3.74. The number of hydrogen-bond acceptors (Lipinski definition) is 4. The molecule has 27 heavy (non-hydrogen) atoms. The lowest BCUT2D eigenvalue weighted by Gasteiger charge is -2.28. The molecule has 2 fully saturated rings. The Bertz CT molecular complexity index is 816. The van der Waals surface area contributed by atoms with Crippen molar-refractivity contribution in [3.63, 3.8) is 0 Å².